The van der Waals surface area contributed by atoms with Crippen molar-refractivity contribution in [3.63, 3.8) is 0 Å². The second-order valence-electron chi connectivity index (χ2n) is 4.98. The molecule has 0 aliphatic rings. The SMILES string of the molecule is Cc1cc(C)c(C)c(CCN(C)CCCl)c1C. The van der Waals surface area contributed by atoms with Crippen LogP contribution in [0.5, 0.6) is 0 Å². The minimum absolute atomic E-state index is 0.710. The summed E-state index contributed by atoms with van der Waals surface area (Å²) in [4.78, 5) is 2.30. The first-order valence-corrected chi connectivity index (χ1v) is 6.81. The Balaban J connectivity index is 2.83. The van der Waals surface area contributed by atoms with Gasteiger partial charge in [0.2, 0.25) is 0 Å². The predicted octanol–water partition coefficient (Wildman–Crippen LogP) is 3.63. The van der Waals surface area contributed by atoms with E-state index in [9.17, 15) is 0 Å². The van der Waals surface area contributed by atoms with E-state index >= 15 is 0 Å². The highest BCUT2D eigenvalue weighted by Gasteiger charge is 2.09. The fraction of sp³-hybridized carbons (Fsp3) is 0.600. The van der Waals surface area contributed by atoms with E-state index < -0.39 is 0 Å². The van der Waals surface area contributed by atoms with E-state index in [1.807, 2.05) is 0 Å². The van der Waals surface area contributed by atoms with Gasteiger partial charge in [0.25, 0.3) is 0 Å². The van der Waals surface area contributed by atoms with Crippen LogP contribution in [0.15, 0.2) is 6.07 Å². The molecule has 1 aromatic rings. The van der Waals surface area contributed by atoms with Crippen molar-refractivity contribution in [1.29, 1.82) is 0 Å². The van der Waals surface area contributed by atoms with E-state index in [2.05, 4.69) is 45.7 Å². The lowest BCUT2D eigenvalue weighted by Gasteiger charge is -2.19. The molecule has 0 aliphatic carbocycles. The van der Waals surface area contributed by atoms with Crippen LogP contribution in [0.2, 0.25) is 0 Å². The van der Waals surface area contributed by atoms with Crippen molar-refractivity contribution in [1.82, 2.24) is 4.90 Å². The van der Waals surface area contributed by atoms with Gasteiger partial charge in [0, 0.05) is 19.0 Å². The van der Waals surface area contributed by atoms with Crippen LogP contribution in [0.1, 0.15) is 27.8 Å². The number of halogens is 1. The summed E-state index contributed by atoms with van der Waals surface area (Å²) in [6.07, 6.45) is 1.12. The van der Waals surface area contributed by atoms with Crippen molar-refractivity contribution in [3.05, 3.63) is 33.9 Å². The molecule has 17 heavy (non-hydrogen) atoms. The number of nitrogens with zero attached hydrogens (tertiary/aromatic N) is 1. The highest BCUT2D eigenvalue weighted by Crippen LogP contribution is 2.22. The van der Waals surface area contributed by atoms with Gasteiger partial charge in [0.15, 0.2) is 0 Å². The molecule has 0 atom stereocenters. The summed E-state index contributed by atoms with van der Waals surface area (Å²) in [5, 5.41) is 0. The third kappa shape index (κ3) is 3.72. The smallest absolute Gasteiger partial charge is 0.0351 e. The molecule has 96 valence electrons. The molecule has 0 N–H and O–H groups in total. The molecule has 0 bridgehead atoms. The van der Waals surface area contributed by atoms with E-state index in [1.54, 1.807) is 0 Å². The van der Waals surface area contributed by atoms with Crippen LogP contribution in [0.25, 0.3) is 0 Å². The van der Waals surface area contributed by atoms with Crippen LogP contribution in [0.4, 0.5) is 0 Å². The average molecular weight is 254 g/mol. The van der Waals surface area contributed by atoms with Crippen LogP contribution in [0, 0.1) is 27.7 Å². The van der Waals surface area contributed by atoms with Gasteiger partial charge in [-0.15, -0.1) is 11.6 Å². The summed E-state index contributed by atoms with van der Waals surface area (Å²) >= 11 is 5.75. The Bertz CT molecular complexity index is 359. The number of aryl methyl sites for hydroxylation is 2. The molecule has 0 fully saturated rings. The molecule has 0 unspecified atom stereocenters. The molecule has 2 heteroatoms. The Hall–Kier alpha value is -0.530. The molecule has 0 saturated carbocycles. The van der Waals surface area contributed by atoms with E-state index in [4.69, 9.17) is 11.6 Å². The maximum absolute atomic E-state index is 5.75. The molecule has 0 spiro atoms. The Morgan fingerprint density at radius 1 is 1.00 bits per heavy atom. The first-order chi connectivity index (χ1) is 7.97. The summed E-state index contributed by atoms with van der Waals surface area (Å²) in [6.45, 7) is 10.9. The molecular formula is C15H24ClN. The highest BCUT2D eigenvalue weighted by molar-refractivity contribution is 6.18. The van der Waals surface area contributed by atoms with E-state index in [1.165, 1.54) is 27.8 Å². The lowest BCUT2D eigenvalue weighted by molar-refractivity contribution is 0.359. The second kappa shape index (κ2) is 6.42. The largest absolute Gasteiger partial charge is 0.305 e. The van der Waals surface area contributed by atoms with Crippen LogP contribution in [0.3, 0.4) is 0 Å². The topological polar surface area (TPSA) is 3.24 Å². The Morgan fingerprint density at radius 3 is 2.00 bits per heavy atom. The molecule has 1 rings (SSSR count). The fourth-order valence-corrected chi connectivity index (χ4v) is 2.52. The van der Waals surface area contributed by atoms with Crippen LogP contribution < -0.4 is 0 Å². The zero-order valence-electron chi connectivity index (χ0n) is 11.7. The summed E-state index contributed by atoms with van der Waals surface area (Å²) in [5.74, 6) is 0.710. The molecule has 0 amide bonds. The molecule has 1 nitrogen and oxygen atoms in total. The van der Waals surface area contributed by atoms with Crippen LogP contribution in [-0.2, 0) is 6.42 Å². The van der Waals surface area contributed by atoms with Gasteiger partial charge in [-0.25, -0.2) is 0 Å². The summed E-state index contributed by atoms with van der Waals surface area (Å²) in [6, 6.07) is 2.29. The number of hydrogen-bond donors (Lipinski definition) is 0. The Kier molecular flexibility index (Phi) is 5.48. The lowest BCUT2D eigenvalue weighted by atomic mass is 9.92. The predicted molar refractivity (Wildman–Crippen MR) is 77.3 cm³/mol. The number of rotatable bonds is 5. The Labute approximate surface area is 111 Å². The number of alkyl halides is 1. The fourth-order valence-electron chi connectivity index (χ4n) is 2.23. The third-order valence-electron chi connectivity index (χ3n) is 3.73. The van der Waals surface area contributed by atoms with Crippen LogP contribution in [-0.4, -0.2) is 30.9 Å². The zero-order valence-corrected chi connectivity index (χ0v) is 12.5. The number of benzene rings is 1. The van der Waals surface area contributed by atoms with E-state index in [0.29, 0.717) is 5.88 Å². The van der Waals surface area contributed by atoms with Gasteiger partial charge in [-0.1, -0.05) is 6.07 Å². The first kappa shape index (κ1) is 14.5. The lowest BCUT2D eigenvalue weighted by Crippen LogP contribution is -2.24. The van der Waals surface area contributed by atoms with E-state index in [-0.39, 0.29) is 0 Å². The highest BCUT2D eigenvalue weighted by atomic mass is 35.5. The Morgan fingerprint density at radius 2 is 1.53 bits per heavy atom. The van der Waals surface area contributed by atoms with Gasteiger partial charge in [0.05, 0.1) is 0 Å². The maximum atomic E-state index is 5.75. The molecule has 0 aromatic heterocycles. The van der Waals surface area contributed by atoms with Gasteiger partial charge in [-0.05, 0) is 69.0 Å². The summed E-state index contributed by atoms with van der Waals surface area (Å²) < 4.78 is 0. The molecule has 0 saturated heterocycles. The maximum Gasteiger partial charge on any atom is 0.0351 e. The monoisotopic (exact) mass is 253 g/mol. The van der Waals surface area contributed by atoms with Gasteiger partial charge in [-0.2, -0.15) is 0 Å². The third-order valence-corrected chi connectivity index (χ3v) is 3.90. The summed E-state index contributed by atoms with van der Waals surface area (Å²) in [7, 11) is 2.13. The van der Waals surface area contributed by atoms with E-state index in [0.717, 1.165) is 19.5 Å². The summed E-state index contributed by atoms with van der Waals surface area (Å²) in [5.41, 5.74) is 7.23. The first-order valence-electron chi connectivity index (χ1n) is 6.28. The van der Waals surface area contributed by atoms with Crippen molar-refractivity contribution in [2.24, 2.45) is 0 Å². The van der Waals surface area contributed by atoms with Crippen molar-refractivity contribution >= 4 is 11.6 Å². The van der Waals surface area contributed by atoms with Gasteiger partial charge in [-0.3, -0.25) is 0 Å². The molecule has 1 aromatic carbocycles. The van der Waals surface area contributed by atoms with Crippen molar-refractivity contribution in [2.75, 3.05) is 26.0 Å². The van der Waals surface area contributed by atoms with Crippen molar-refractivity contribution < 1.29 is 0 Å². The quantitative estimate of drug-likeness (QED) is 0.725. The minimum atomic E-state index is 0.710. The van der Waals surface area contributed by atoms with Crippen molar-refractivity contribution in [2.45, 2.75) is 34.1 Å². The number of hydrogen-bond acceptors (Lipinski definition) is 1. The standard InChI is InChI=1S/C15H24ClN/c1-11-10-12(2)14(4)15(13(11)3)6-8-17(5)9-7-16/h10H,6-9H2,1-5H3. The molecule has 0 radical (unpaired) electrons. The average Bonchev–Trinajstić information content (AvgIpc) is 2.27. The molecular weight excluding hydrogens is 230 g/mol. The molecule has 0 heterocycles. The minimum Gasteiger partial charge on any atom is -0.305 e. The second-order valence-corrected chi connectivity index (χ2v) is 5.36. The van der Waals surface area contributed by atoms with Crippen molar-refractivity contribution in [3.8, 4) is 0 Å². The van der Waals surface area contributed by atoms with Gasteiger partial charge < -0.3 is 4.90 Å². The van der Waals surface area contributed by atoms with Crippen LogP contribution >= 0.6 is 11.6 Å². The number of likely N-dealkylation sites (N-methyl/N-ethyl adjacent to an activating group) is 1. The normalized spacial score (nSPS) is 11.2. The van der Waals surface area contributed by atoms with Gasteiger partial charge in [0.1, 0.15) is 0 Å². The molecule has 0 aliphatic heterocycles. The zero-order chi connectivity index (χ0) is 13.0. The van der Waals surface area contributed by atoms with Gasteiger partial charge >= 0.3 is 0 Å².